The van der Waals surface area contributed by atoms with Gasteiger partial charge in [-0.2, -0.15) is 0 Å². The van der Waals surface area contributed by atoms with E-state index in [-0.39, 0.29) is 17.0 Å². The van der Waals surface area contributed by atoms with Gasteiger partial charge in [-0.3, -0.25) is 0 Å². The van der Waals surface area contributed by atoms with Crippen molar-refractivity contribution in [2.75, 3.05) is 7.05 Å². The van der Waals surface area contributed by atoms with E-state index in [0.717, 1.165) is 0 Å². The van der Waals surface area contributed by atoms with Crippen LogP contribution >= 0.6 is 29.2 Å². The first-order valence-electron chi connectivity index (χ1n) is 0.875. The van der Waals surface area contributed by atoms with Crippen molar-refractivity contribution in [1.29, 1.82) is 0 Å². The third-order valence-corrected chi connectivity index (χ3v) is 0.274. The van der Waals surface area contributed by atoms with E-state index >= 15 is 0 Å². The van der Waals surface area contributed by atoms with Gasteiger partial charge in [0.1, 0.15) is 0 Å². The Kier molecular flexibility index (Phi) is 15.9. The first-order chi connectivity index (χ1) is 1.91. The molecule has 0 bridgehead atoms. The van der Waals surface area contributed by atoms with Crippen LogP contribution in [0.15, 0.2) is 4.99 Å². The number of aliphatic imine (C=N–C) groups is 1. The molecule has 0 aliphatic heterocycles. The lowest BCUT2D eigenvalue weighted by Crippen LogP contribution is -1.33. The van der Waals surface area contributed by atoms with Gasteiger partial charge in [0.05, 0.1) is 5.16 Å². The Morgan fingerprint density at radius 3 is 2.00 bits per heavy atom. The minimum Gasteiger partial charge on any atom is -0.236 e. The Bertz CT molecular complexity index is 47.6. The minimum absolute atomic E-state index is 0. The summed E-state index contributed by atoms with van der Waals surface area (Å²) in [5.74, 6) is 0. The number of thiocarbonyl (C=S) groups is 1. The summed E-state index contributed by atoms with van der Waals surface area (Å²) in [6.07, 6.45) is 0. The first kappa shape index (κ1) is 8.99. The van der Waals surface area contributed by atoms with E-state index in [0.29, 0.717) is 0 Å². The average molecular weight is 154 g/mol. The predicted octanol–water partition coefficient (Wildman–Crippen LogP) is 1.30. The number of nitrogens with zero attached hydrogens (tertiary/aromatic N) is 1. The largest absolute Gasteiger partial charge is 0.236 e. The van der Waals surface area contributed by atoms with Gasteiger partial charge in [-0.15, -0.1) is 17.0 Å². The van der Waals surface area contributed by atoms with Crippen LogP contribution in [0.1, 0.15) is 0 Å². The zero-order valence-corrected chi connectivity index (χ0v) is 5.29. The van der Waals surface area contributed by atoms with Crippen LogP contribution in [0.2, 0.25) is 0 Å². The maximum atomic E-state index is 4.14. The average Bonchev–Trinajstić information content (AvgIpc) is 1.37. The second-order valence-corrected chi connectivity index (χ2v) is 0.497. The molecule has 0 aromatic heterocycles. The van der Waals surface area contributed by atoms with Crippen molar-refractivity contribution < 1.29 is 0 Å². The fraction of sp³-hybridized carbons (Fsp3) is 0.500. The molecule has 0 fully saturated rings. The topological polar surface area (TPSA) is 12.4 Å². The number of halogens is 1. The van der Waals surface area contributed by atoms with E-state index < -0.39 is 0 Å². The van der Waals surface area contributed by atoms with Crippen LogP contribution in [0.25, 0.3) is 0 Å². The van der Waals surface area contributed by atoms with Crippen LogP contribution in [-0.2, 0) is 0 Å². The van der Waals surface area contributed by atoms with Crippen molar-refractivity contribution in [2.45, 2.75) is 0 Å². The fourth-order valence-electron chi connectivity index (χ4n) is 0. The Hall–Kier alpha value is 0.280. The third-order valence-electron chi connectivity index (χ3n) is 0.0913. The Morgan fingerprint density at radius 1 is 1.80 bits per heavy atom. The summed E-state index contributed by atoms with van der Waals surface area (Å²) in [4.78, 5) is 3.30. The van der Waals surface area contributed by atoms with E-state index in [1.165, 1.54) is 0 Å². The van der Waals surface area contributed by atoms with Gasteiger partial charge < -0.3 is 0 Å². The van der Waals surface area contributed by atoms with Crippen LogP contribution in [0.5, 0.6) is 0 Å². The van der Waals surface area contributed by atoms with Gasteiger partial charge in [0, 0.05) is 7.05 Å². The van der Waals surface area contributed by atoms with Crippen LogP contribution < -0.4 is 0 Å². The zero-order valence-electron chi connectivity index (χ0n) is 2.76. The molecule has 0 amide bonds. The van der Waals surface area contributed by atoms with E-state index in [4.69, 9.17) is 0 Å². The molecule has 0 radical (unpaired) electrons. The molecule has 5 heavy (non-hydrogen) atoms. The van der Waals surface area contributed by atoms with Crippen LogP contribution in [0, 0.1) is 0 Å². The summed E-state index contributed by atoms with van der Waals surface area (Å²) in [6, 6.07) is 0. The quantitative estimate of drug-likeness (QED) is 0.378. The smallest absolute Gasteiger partial charge is 0.0582 e. The second kappa shape index (κ2) is 8.86. The van der Waals surface area contributed by atoms with Gasteiger partial charge in [-0.25, -0.2) is 4.99 Å². The highest BCUT2D eigenvalue weighted by molar-refractivity contribution is 8.93. The summed E-state index contributed by atoms with van der Waals surface area (Å²) < 4.78 is 0. The SMILES string of the molecule is Br.CN=C=S. The van der Waals surface area contributed by atoms with Gasteiger partial charge >= 0.3 is 0 Å². The Balaban J connectivity index is 0. The fourth-order valence-corrected chi connectivity index (χ4v) is 0. The number of rotatable bonds is 0. The zero-order chi connectivity index (χ0) is 3.41. The van der Waals surface area contributed by atoms with Crippen molar-refractivity contribution in [3.8, 4) is 0 Å². The predicted molar refractivity (Wildman–Crippen MR) is 31.3 cm³/mol. The Labute approximate surface area is 46.9 Å². The highest BCUT2D eigenvalue weighted by atomic mass is 79.9. The van der Waals surface area contributed by atoms with E-state index in [1.807, 2.05) is 0 Å². The molecule has 3 heteroatoms. The summed E-state index contributed by atoms with van der Waals surface area (Å²) >= 11 is 4.14. The maximum Gasteiger partial charge on any atom is 0.0582 e. The van der Waals surface area contributed by atoms with Gasteiger partial charge in [0.15, 0.2) is 0 Å². The number of hydrogen-bond donors (Lipinski definition) is 0. The molecule has 0 unspecified atom stereocenters. The third kappa shape index (κ3) is 13.6. The van der Waals surface area contributed by atoms with Crippen molar-refractivity contribution >= 4 is 34.4 Å². The summed E-state index contributed by atoms with van der Waals surface area (Å²) in [6.45, 7) is 0. The number of hydrogen-bond acceptors (Lipinski definition) is 2. The molecule has 0 aliphatic carbocycles. The molecule has 0 aliphatic rings. The molecule has 0 aromatic carbocycles. The van der Waals surface area contributed by atoms with Crippen molar-refractivity contribution in [3.63, 3.8) is 0 Å². The second-order valence-electron chi connectivity index (χ2n) is 0.315. The highest BCUT2D eigenvalue weighted by Gasteiger charge is 1.24. The molecule has 30 valence electrons. The van der Waals surface area contributed by atoms with Gasteiger partial charge in [-0.05, 0) is 12.2 Å². The molecule has 0 atom stereocenters. The lowest BCUT2D eigenvalue weighted by Gasteiger charge is -1.39. The van der Waals surface area contributed by atoms with Crippen LogP contribution in [0.4, 0.5) is 0 Å². The summed E-state index contributed by atoms with van der Waals surface area (Å²) in [7, 11) is 1.59. The molecular weight excluding hydrogens is 150 g/mol. The van der Waals surface area contributed by atoms with Gasteiger partial charge in [0.2, 0.25) is 0 Å². The first-order valence-corrected chi connectivity index (χ1v) is 1.28. The highest BCUT2D eigenvalue weighted by Crippen LogP contribution is 1.36. The van der Waals surface area contributed by atoms with Crippen molar-refractivity contribution in [3.05, 3.63) is 0 Å². The monoisotopic (exact) mass is 153 g/mol. The molecular formula is C2H4BrNS. The van der Waals surface area contributed by atoms with E-state index in [2.05, 4.69) is 22.4 Å². The van der Waals surface area contributed by atoms with Crippen molar-refractivity contribution in [1.82, 2.24) is 0 Å². The normalized spacial score (nSPS) is 3.40. The molecule has 0 saturated heterocycles. The van der Waals surface area contributed by atoms with Crippen LogP contribution in [0.3, 0.4) is 0 Å². The molecule has 0 aromatic rings. The summed E-state index contributed by atoms with van der Waals surface area (Å²) in [5, 5.41) is 2.14. The van der Waals surface area contributed by atoms with Crippen molar-refractivity contribution in [2.24, 2.45) is 4.99 Å². The standard InChI is InChI=1S/C2H3NS.BrH/c1-3-2-4;/h1H3;1H. The lowest BCUT2D eigenvalue weighted by atomic mass is 11.4. The molecule has 1 nitrogen and oxygen atoms in total. The molecule has 0 spiro atoms. The molecule has 0 heterocycles. The number of isothiocyanates is 1. The summed E-state index contributed by atoms with van der Waals surface area (Å²) in [5.41, 5.74) is 0. The molecule has 0 N–H and O–H groups in total. The molecule has 0 saturated carbocycles. The minimum atomic E-state index is 0. The lowest BCUT2D eigenvalue weighted by molar-refractivity contribution is 1.49. The Morgan fingerprint density at radius 2 is 2.00 bits per heavy atom. The van der Waals surface area contributed by atoms with Gasteiger partial charge in [0.25, 0.3) is 0 Å². The van der Waals surface area contributed by atoms with E-state index in [1.54, 1.807) is 7.05 Å². The maximum absolute atomic E-state index is 4.14. The van der Waals surface area contributed by atoms with Crippen LogP contribution in [-0.4, -0.2) is 12.2 Å². The van der Waals surface area contributed by atoms with Gasteiger partial charge in [-0.1, -0.05) is 0 Å². The molecule has 0 rings (SSSR count). The van der Waals surface area contributed by atoms with E-state index in [9.17, 15) is 0 Å².